The third-order valence-corrected chi connectivity index (χ3v) is 11.5. The summed E-state index contributed by atoms with van der Waals surface area (Å²) in [6, 6.07) is 28.0. The van der Waals surface area contributed by atoms with Gasteiger partial charge in [-0.1, -0.05) is 110 Å². The van der Waals surface area contributed by atoms with Crippen molar-refractivity contribution >= 4 is 23.6 Å². The Kier molecular flexibility index (Phi) is 5.48. The van der Waals surface area contributed by atoms with Gasteiger partial charge < -0.3 is 0 Å². The molecule has 134 valence electrons. The van der Waals surface area contributed by atoms with Crippen LogP contribution < -0.4 is 15.6 Å². The molecule has 0 radical (unpaired) electrons. The fraction of sp³-hybridized carbons (Fsp3) is 0.280. The van der Waals surface area contributed by atoms with Crippen molar-refractivity contribution in [3.63, 3.8) is 0 Å². The minimum Gasteiger partial charge on any atom is -0.0654 e. The highest BCUT2D eigenvalue weighted by Gasteiger charge is 2.43. The van der Waals surface area contributed by atoms with Crippen LogP contribution in [0.3, 0.4) is 0 Å². The van der Waals surface area contributed by atoms with Crippen LogP contribution >= 0.6 is 0 Å². The van der Waals surface area contributed by atoms with Gasteiger partial charge >= 0.3 is 0 Å². The van der Waals surface area contributed by atoms with Crippen molar-refractivity contribution in [2.75, 3.05) is 0 Å². The molecule has 1 atom stereocenters. The third kappa shape index (κ3) is 3.28. The van der Waals surface area contributed by atoms with Crippen molar-refractivity contribution in [3.05, 3.63) is 89.5 Å². The van der Waals surface area contributed by atoms with Crippen molar-refractivity contribution < 1.29 is 0 Å². The molecule has 0 heterocycles. The summed E-state index contributed by atoms with van der Waals surface area (Å²) in [7, 11) is -2.10. The molecule has 0 spiro atoms. The lowest BCUT2D eigenvalue weighted by atomic mass is 10.2. The second kappa shape index (κ2) is 7.63. The van der Waals surface area contributed by atoms with Crippen LogP contribution in [-0.2, 0) is 0 Å². The van der Waals surface area contributed by atoms with Crippen molar-refractivity contribution in [1.29, 1.82) is 0 Å². The number of aryl methyl sites for hydroxylation is 3. The first-order chi connectivity index (χ1) is 12.5. The van der Waals surface area contributed by atoms with Gasteiger partial charge in [0.1, 0.15) is 0 Å². The Morgan fingerprint density at radius 3 is 1.08 bits per heavy atom. The highest BCUT2D eigenvalue weighted by molar-refractivity contribution is 7.12. The Labute approximate surface area is 159 Å². The standard InChI is InChI=1S/C25H30Si/c1-6-22(5)26(23-13-7-19(2)8-14-23,24-15-9-20(3)10-16-24)25-17-11-21(4)12-18-25/h7-18,22H,6H2,1-5H3. The first-order valence-electron chi connectivity index (χ1n) is 9.70. The van der Waals surface area contributed by atoms with E-state index in [0.717, 1.165) is 0 Å². The summed E-state index contributed by atoms with van der Waals surface area (Å²) in [6.07, 6.45) is 1.18. The third-order valence-electron chi connectivity index (χ3n) is 5.87. The van der Waals surface area contributed by atoms with E-state index >= 15 is 0 Å². The van der Waals surface area contributed by atoms with Gasteiger partial charge in [-0.05, 0) is 41.9 Å². The van der Waals surface area contributed by atoms with Crippen LogP contribution in [0, 0.1) is 20.8 Å². The fourth-order valence-electron chi connectivity index (χ4n) is 4.11. The van der Waals surface area contributed by atoms with E-state index in [2.05, 4.69) is 107 Å². The fourth-order valence-corrected chi connectivity index (χ4v) is 9.51. The predicted octanol–water partition coefficient (Wildman–Crippen LogP) is 4.88. The van der Waals surface area contributed by atoms with Crippen molar-refractivity contribution in [3.8, 4) is 0 Å². The van der Waals surface area contributed by atoms with Gasteiger partial charge in [0.25, 0.3) is 0 Å². The molecule has 0 nitrogen and oxygen atoms in total. The summed E-state index contributed by atoms with van der Waals surface area (Å²) >= 11 is 0. The molecule has 0 amide bonds. The van der Waals surface area contributed by atoms with Crippen molar-refractivity contribution in [2.24, 2.45) is 0 Å². The molecule has 0 bridgehead atoms. The zero-order valence-corrected chi connectivity index (χ0v) is 17.7. The lowest BCUT2D eigenvalue weighted by Crippen LogP contribution is -2.69. The first kappa shape index (κ1) is 18.7. The topological polar surface area (TPSA) is 0 Å². The molecule has 0 aliphatic rings. The lowest BCUT2D eigenvalue weighted by Gasteiger charge is -2.39. The van der Waals surface area contributed by atoms with E-state index in [0.29, 0.717) is 5.54 Å². The molecule has 3 aromatic rings. The predicted molar refractivity (Wildman–Crippen MR) is 118 cm³/mol. The van der Waals surface area contributed by atoms with Gasteiger partial charge in [-0.2, -0.15) is 0 Å². The van der Waals surface area contributed by atoms with Crippen LogP contribution in [0.25, 0.3) is 0 Å². The molecule has 1 unspecified atom stereocenters. The Bertz CT molecular complexity index is 731. The average Bonchev–Trinajstić information content (AvgIpc) is 2.66. The summed E-state index contributed by atoms with van der Waals surface area (Å²) in [5.41, 5.74) is 4.60. The molecule has 3 rings (SSSR count). The highest BCUT2D eigenvalue weighted by atomic mass is 28.3. The summed E-state index contributed by atoms with van der Waals surface area (Å²) < 4.78 is 0. The summed E-state index contributed by atoms with van der Waals surface area (Å²) in [4.78, 5) is 0. The molecule has 0 aromatic heterocycles. The zero-order chi connectivity index (χ0) is 18.7. The van der Waals surface area contributed by atoms with Gasteiger partial charge in [-0.3, -0.25) is 0 Å². The Morgan fingerprint density at radius 2 is 0.846 bits per heavy atom. The maximum atomic E-state index is 2.45. The van der Waals surface area contributed by atoms with E-state index in [9.17, 15) is 0 Å². The van der Waals surface area contributed by atoms with E-state index in [4.69, 9.17) is 0 Å². The number of hydrogen-bond acceptors (Lipinski definition) is 0. The van der Waals surface area contributed by atoms with E-state index in [1.807, 2.05) is 0 Å². The van der Waals surface area contributed by atoms with Crippen LogP contribution in [0.5, 0.6) is 0 Å². The molecule has 0 aliphatic heterocycles. The van der Waals surface area contributed by atoms with E-state index in [1.54, 1.807) is 0 Å². The van der Waals surface area contributed by atoms with Crippen molar-refractivity contribution in [2.45, 2.75) is 46.6 Å². The lowest BCUT2D eigenvalue weighted by molar-refractivity contribution is 0.857. The van der Waals surface area contributed by atoms with E-state index in [-0.39, 0.29) is 0 Å². The molecule has 3 aromatic carbocycles. The van der Waals surface area contributed by atoms with Crippen LogP contribution in [-0.4, -0.2) is 8.07 Å². The Morgan fingerprint density at radius 1 is 0.577 bits per heavy atom. The maximum Gasteiger partial charge on any atom is 0.150 e. The summed E-state index contributed by atoms with van der Waals surface area (Å²) in [5.74, 6) is 0. The molecule has 1 heteroatoms. The summed E-state index contributed by atoms with van der Waals surface area (Å²) in [5, 5.41) is 4.56. The van der Waals surface area contributed by atoms with Gasteiger partial charge in [-0.25, -0.2) is 0 Å². The quantitative estimate of drug-likeness (QED) is 0.450. The smallest absolute Gasteiger partial charge is 0.0654 e. The maximum absolute atomic E-state index is 2.45. The molecular formula is C25H30Si. The monoisotopic (exact) mass is 358 g/mol. The Balaban J connectivity index is 2.35. The average molecular weight is 359 g/mol. The Hall–Kier alpha value is -2.12. The van der Waals surface area contributed by atoms with E-state index in [1.165, 1.54) is 38.7 Å². The van der Waals surface area contributed by atoms with Crippen LogP contribution in [0.15, 0.2) is 72.8 Å². The molecule has 0 aliphatic carbocycles. The normalized spacial score (nSPS) is 12.8. The first-order valence-corrected chi connectivity index (χ1v) is 11.8. The molecule has 26 heavy (non-hydrogen) atoms. The molecule has 0 saturated heterocycles. The van der Waals surface area contributed by atoms with Gasteiger partial charge in [0, 0.05) is 0 Å². The second-order valence-electron chi connectivity index (χ2n) is 7.72. The van der Waals surface area contributed by atoms with Crippen molar-refractivity contribution in [1.82, 2.24) is 0 Å². The van der Waals surface area contributed by atoms with Gasteiger partial charge in [0.15, 0.2) is 8.07 Å². The summed E-state index contributed by atoms with van der Waals surface area (Å²) in [6.45, 7) is 11.3. The molecule has 0 saturated carbocycles. The second-order valence-corrected chi connectivity index (χ2v) is 12.0. The number of rotatable bonds is 5. The zero-order valence-electron chi connectivity index (χ0n) is 16.7. The largest absolute Gasteiger partial charge is 0.150 e. The molecular weight excluding hydrogens is 328 g/mol. The van der Waals surface area contributed by atoms with E-state index < -0.39 is 8.07 Å². The SMILES string of the molecule is CCC(C)[Si](c1ccc(C)cc1)(c1ccc(C)cc1)c1ccc(C)cc1. The van der Waals surface area contributed by atoms with Gasteiger partial charge in [0.05, 0.1) is 0 Å². The number of benzene rings is 3. The highest BCUT2D eigenvalue weighted by Crippen LogP contribution is 2.26. The van der Waals surface area contributed by atoms with Crippen LogP contribution in [0.4, 0.5) is 0 Å². The number of hydrogen-bond donors (Lipinski definition) is 0. The minimum absolute atomic E-state index is 0.621. The minimum atomic E-state index is -2.10. The molecule has 0 fully saturated rings. The molecule has 0 N–H and O–H groups in total. The van der Waals surface area contributed by atoms with Gasteiger partial charge in [0.2, 0.25) is 0 Å². The van der Waals surface area contributed by atoms with Gasteiger partial charge in [-0.15, -0.1) is 0 Å². The van der Waals surface area contributed by atoms with Crippen LogP contribution in [0.2, 0.25) is 5.54 Å². The van der Waals surface area contributed by atoms with Crippen LogP contribution in [0.1, 0.15) is 37.0 Å².